The third kappa shape index (κ3) is 6.74. The number of hydrogen-bond acceptors (Lipinski definition) is 5. The SMILES string of the molecule is C=C1OC(C)C/C=C\C(C)C(O)C(O)C/C=C/c2cc(OCCNC)cc(C)c21. The first kappa shape index (κ1) is 23.2. The highest BCUT2D eigenvalue weighted by atomic mass is 16.5. The lowest BCUT2D eigenvalue weighted by Gasteiger charge is -2.22. The van der Waals surface area contributed by atoms with Crippen LogP contribution in [0.1, 0.15) is 43.4 Å². The Bertz CT molecular complexity index is 741. The van der Waals surface area contributed by atoms with Crippen molar-refractivity contribution in [1.82, 2.24) is 5.32 Å². The van der Waals surface area contributed by atoms with E-state index < -0.39 is 12.2 Å². The first-order valence-electron chi connectivity index (χ1n) is 10.3. The van der Waals surface area contributed by atoms with Gasteiger partial charge in [0, 0.05) is 24.4 Å². The Kier molecular flexibility index (Phi) is 8.96. The van der Waals surface area contributed by atoms with Gasteiger partial charge in [-0.1, -0.05) is 37.8 Å². The van der Waals surface area contributed by atoms with Crippen molar-refractivity contribution in [2.45, 2.75) is 51.9 Å². The van der Waals surface area contributed by atoms with Gasteiger partial charge in [0.15, 0.2) is 0 Å². The smallest absolute Gasteiger partial charge is 0.120 e. The predicted molar refractivity (Wildman–Crippen MR) is 119 cm³/mol. The van der Waals surface area contributed by atoms with Gasteiger partial charge in [0.25, 0.3) is 0 Å². The topological polar surface area (TPSA) is 71.0 Å². The van der Waals surface area contributed by atoms with Gasteiger partial charge in [-0.2, -0.15) is 0 Å². The molecule has 1 aromatic rings. The zero-order chi connectivity index (χ0) is 21.4. The molecule has 3 N–H and O–H groups in total. The zero-order valence-corrected chi connectivity index (χ0v) is 18.0. The molecule has 0 aromatic heterocycles. The van der Waals surface area contributed by atoms with Crippen molar-refractivity contribution in [2.75, 3.05) is 20.2 Å². The lowest BCUT2D eigenvalue weighted by Crippen LogP contribution is -2.30. The molecule has 4 unspecified atom stereocenters. The van der Waals surface area contributed by atoms with Crippen LogP contribution in [-0.2, 0) is 4.74 Å². The van der Waals surface area contributed by atoms with Crippen LogP contribution in [0.3, 0.4) is 0 Å². The van der Waals surface area contributed by atoms with Gasteiger partial charge >= 0.3 is 0 Å². The van der Waals surface area contributed by atoms with Crippen LogP contribution >= 0.6 is 0 Å². The maximum Gasteiger partial charge on any atom is 0.120 e. The van der Waals surface area contributed by atoms with Crippen LogP contribution in [0, 0.1) is 12.8 Å². The summed E-state index contributed by atoms with van der Waals surface area (Å²) >= 11 is 0. The Balaban J connectivity index is 2.38. The number of fused-ring (bicyclic) bond motifs is 1. The minimum atomic E-state index is -0.828. The van der Waals surface area contributed by atoms with E-state index in [1.165, 1.54) is 0 Å². The van der Waals surface area contributed by atoms with Crippen LogP contribution in [0.5, 0.6) is 5.75 Å². The van der Waals surface area contributed by atoms with Crippen molar-refractivity contribution in [3.8, 4) is 5.75 Å². The molecule has 0 radical (unpaired) electrons. The van der Waals surface area contributed by atoms with Crippen molar-refractivity contribution in [3.63, 3.8) is 0 Å². The van der Waals surface area contributed by atoms with Crippen molar-refractivity contribution in [1.29, 1.82) is 0 Å². The molecule has 160 valence electrons. The molecule has 5 heteroatoms. The van der Waals surface area contributed by atoms with Gasteiger partial charge in [-0.3, -0.25) is 0 Å². The summed E-state index contributed by atoms with van der Waals surface area (Å²) in [5, 5.41) is 23.8. The Labute approximate surface area is 174 Å². The summed E-state index contributed by atoms with van der Waals surface area (Å²) in [5.41, 5.74) is 2.86. The third-order valence-electron chi connectivity index (χ3n) is 5.10. The number of likely N-dealkylation sites (N-methyl/N-ethyl adjacent to an activating group) is 1. The number of aliphatic hydroxyl groups excluding tert-OH is 2. The molecule has 0 aliphatic carbocycles. The number of ether oxygens (including phenoxy) is 2. The molecule has 1 aliphatic rings. The summed E-state index contributed by atoms with van der Waals surface area (Å²) in [6.45, 7) is 11.4. The van der Waals surface area contributed by atoms with E-state index in [9.17, 15) is 10.2 Å². The van der Waals surface area contributed by atoms with Gasteiger partial charge in [0.1, 0.15) is 18.1 Å². The fourth-order valence-electron chi connectivity index (χ4n) is 3.42. The third-order valence-corrected chi connectivity index (χ3v) is 5.10. The minimum absolute atomic E-state index is 0.0567. The number of aryl methyl sites for hydroxylation is 1. The van der Waals surface area contributed by atoms with Crippen LogP contribution in [0.2, 0.25) is 0 Å². The summed E-state index contributed by atoms with van der Waals surface area (Å²) in [5.74, 6) is 1.26. The van der Waals surface area contributed by atoms with E-state index in [0.29, 0.717) is 25.2 Å². The van der Waals surface area contributed by atoms with Gasteiger partial charge in [-0.25, -0.2) is 0 Å². The molecule has 0 saturated heterocycles. The predicted octanol–water partition coefficient (Wildman–Crippen LogP) is 3.69. The molecule has 0 saturated carbocycles. The first-order valence-corrected chi connectivity index (χ1v) is 10.3. The van der Waals surface area contributed by atoms with Crippen molar-refractivity contribution in [2.24, 2.45) is 5.92 Å². The highest BCUT2D eigenvalue weighted by Crippen LogP contribution is 2.31. The van der Waals surface area contributed by atoms with Crippen LogP contribution in [0.4, 0.5) is 0 Å². The second-order valence-corrected chi connectivity index (χ2v) is 7.73. The minimum Gasteiger partial charge on any atom is -0.492 e. The van der Waals surface area contributed by atoms with Crippen LogP contribution < -0.4 is 10.1 Å². The zero-order valence-electron chi connectivity index (χ0n) is 18.0. The van der Waals surface area contributed by atoms with Crippen LogP contribution in [-0.4, -0.2) is 48.7 Å². The maximum absolute atomic E-state index is 10.4. The average molecular weight is 402 g/mol. The number of hydrogen-bond donors (Lipinski definition) is 3. The number of aliphatic hydroxyl groups is 2. The van der Waals surface area contributed by atoms with E-state index in [1.807, 2.05) is 64.3 Å². The molecule has 1 aromatic carbocycles. The number of nitrogens with one attached hydrogen (secondary N) is 1. The monoisotopic (exact) mass is 401 g/mol. The Hall–Kier alpha value is -2.08. The van der Waals surface area contributed by atoms with E-state index in [1.54, 1.807) is 0 Å². The second kappa shape index (κ2) is 11.2. The lowest BCUT2D eigenvalue weighted by atomic mass is 9.95. The molecule has 0 bridgehead atoms. The van der Waals surface area contributed by atoms with E-state index in [4.69, 9.17) is 9.47 Å². The summed E-state index contributed by atoms with van der Waals surface area (Å²) < 4.78 is 11.9. The van der Waals surface area contributed by atoms with Crippen LogP contribution in [0.25, 0.3) is 11.8 Å². The standard InChI is InChI=1S/C24H35NO4/c1-16-8-6-9-18(3)29-19(4)23-17(2)14-21(28-13-12-25-5)15-20(23)10-7-11-22(26)24(16)27/h6-8,10,14-16,18,22,24-27H,4,9,11-13H2,1-3,5H3/b8-6-,10-7+. The molecular formula is C24H35NO4. The fraction of sp³-hybridized carbons (Fsp3) is 0.500. The first-order chi connectivity index (χ1) is 13.8. The average Bonchev–Trinajstić information content (AvgIpc) is 2.66. The molecule has 1 heterocycles. The molecule has 1 aliphatic heterocycles. The quantitative estimate of drug-likeness (QED) is 0.530. The van der Waals surface area contributed by atoms with Gasteiger partial charge in [0.05, 0.1) is 18.3 Å². The Morgan fingerprint density at radius 3 is 2.69 bits per heavy atom. The normalized spacial score (nSPS) is 28.0. The Morgan fingerprint density at radius 2 is 1.97 bits per heavy atom. The molecule has 29 heavy (non-hydrogen) atoms. The van der Waals surface area contributed by atoms with E-state index in [2.05, 4.69) is 11.9 Å². The van der Waals surface area contributed by atoms with Gasteiger partial charge < -0.3 is 25.0 Å². The largest absolute Gasteiger partial charge is 0.492 e. The second-order valence-electron chi connectivity index (χ2n) is 7.73. The van der Waals surface area contributed by atoms with Crippen LogP contribution in [0.15, 0.2) is 36.9 Å². The number of benzene rings is 1. The van der Waals surface area contributed by atoms with Gasteiger partial charge in [-0.05, 0) is 50.6 Å². The highest BCUT2D eigenvalue weighted by Gasteiger charge is 2.21. The van der Waals surface area contributed by atoms with E-state index in [0.717, 1.165) is 29.0 Å². The molecule has 0 amide bonds. The Morgan fingerprint density at radius 1 is 1.21 bits per heavy atom. The molecular weight excluding hydrogens is 366 g/mol. The summed E-state index contributed by atoms with van der Waals surface area (Å²) in [6, 6.07) is 3.95. The van der Waals surface area contributed by atoms with Crippen molar-refractivity contribution in [3.05, 3.63) is 53.6 Å². The maximum atomic E-state index is 10.4. The van der Waals surface area contributed by atoms with Crippen molar-refractivity contribution < 1.29 is 19.7 Å². The molecule has 2 rings (SSSR count). The summed E-state index contributed by atoms with van der Waals surface area (Å²) in [4.78, 5) is 0. The van der Waals surface area contributed by atoms with E-state index >= 15 is 0 Å². The fourth-order valence-corrected chi connectivity index (χ4v) is 3.42. The molecule has 4 atom stereocenters. The van der Waals surface area contributed by atoms with Gasteiger partial charge in [-0.15, -0.1) is 0 Å². The molecule has 5 nitrogen and oxygen atoms in total. The highest BCUT2D eigenvalue weighted by molar-refractivity contribution is 5.73. The summed E-state index contributed by atoms with van der Waals surface area (Å²) in [6.07, 6.45) is 7.09. The van der Waals surface area contributed by atoms with Gasteiger partial charge in [0.2, 0.25) is 0 Å². The summed E-state index contributed by atoms with van der Waals surface area (Å²) in [7, 11) is 1.89. The lowest BCUT2D eigenvalue weighted by molar-refractivity contribution is 0.000844. The van der Waals surface area contributed by atoms with E-state index in [-0.39, 0.29) is 12.0 Å². The molecule has 0 fully saturated rings. The number of rotatable bonds is 4. The molecule has 0 spiro atoms. The van der Waals surface area contributed by atoms with Crippen molar-refractivity contribution >= 4 is 11.8 Å².